The summed E-state index contributed by atoms with van der Waals surface area (Å²) < 4.78 is 5.19. The number of pyridine rings is 1. The van der Waals surface area contributed by atoms with Gasteiger partial charge in [0.2, 0.25) is 0 Å². The zero-order chi connectivity index (χ0) is 17.5. The molecule has 0 saturated heterocycles. The van der Waals surface area contributed by atoms with Crippen LogP contribution in [0.1, 0.15) is 41.4 Å². The van der Waals surface area contributed by atoms with Crippen molar-refractivity contribution in [2.24, 2.45) is 0 Å². The van der Waals surface area contributed by atoms with E-state index in [-0.39, 0.29) is 29.0 Å². The molecule has 0 saturated carbocycles. The number of carbonyl (C=O) groups is 1. The Bertz CT molecular complexity index is 723. The third-order valence-electron chi connectivity index (χ3n) is 3.83. The van der Waals surface area contributed by atoms with Crippen molar-refractivity contribution in [3.8, 4) is 0 Å². The predicted molar refractivity (Wildman–Crippen MR) is 94.4 cm³/mol. The zero-order valence-corrected chi connectivity index (χ0v) is 14.3. The number of aromatic amines is 1. The minimum Gasteiger partial charge on any atom is -0.383 e. The molecular formula is C19H24N2O3. The van der Waals surface area contributed by atoms with E-state index in [1.807, 2.05) is 44.2 Å². The molecule has 1 aromatic heterocycles. The summed E-state index contributed by atoms with van der Waals surface area (Å²) in [5, 5.41) is 2.89. The first-order chi connectivity index (χ1) is 11.5. The van der Waals surface area contributed by atoms with Gasteiger partial charge in [-0.1, -0.05) is 44.2 Å². The minimum atomic E-state index is -0.385. The molecule has 1 unspecified atom stereocenters. The van der Waals surface area contributed by atoms with E-state index < -0.39 is 0 Å². The smallest absolute Gasteiger partial charge is 0.261 e. The molecular weight excluding hydrogens is 304 g/mol. The van der Waals surface area contributed by atoms with Crippen molar-refractivity contribution < 1.29 is 9.53 Å². The van der Waals surface area contributed by atoms with Gasteiger partial charge in [-0.2, -0.15) is 0 Å². The van der Waals surface area contributed by atoms with Crippen LogP contribution in [0.3, 0.4) is 0 Å². The van der Waals surface area contributed by atoms with Gasteiger partial charge in [0.25, 0.3) is 11.5 Å². The van der Waals surface area contributed by atoms with Gasteiger partial charge in [0.05, 0.1) is 12.6 Å². The van der Waals surface area contributed by atoms with Gasteiger partial charge in [0.1, 0.15) is 5.56 Å². The Hall–Kier alpha value is -2.40. The number of ether oxygens (including phenoxy) is 1. The summed E-state index contributed by atoms with van der Waals surface area (Å²) in [7, 11) is 1.59. The predicted octanol–water partition coefficient (Wildman–Crippen LogP) is 2.49. The Morgan fingerprint density at radius 3 is 2.46 bits per heavy atom. The van der Waals surface area contributed by atoms with Gasteiger partial charge in [-0.15, -0.1) is 0 Å². The highest BCUT2D eigenvalue weighted by molar-refractivity contribution is 5.94. The molecule has 0 fully saturated rings. The fourth-order valence-corrected chi connectivity index (χ4v) is 2.52. The molecule has 1 amide bonds. The molecule has 5 heteroatoms. The van der Waals surface area contributed by atoms with Crippen LogP contribution in [-0.2, 0) is 11.2 Å². The Morgan fingerprint density at radius 1 is 1.17 bits per heavy atom. The monoisotopic (exact) mass is 328 g/mol. The number of methoxy groups -OCH3 is 1. The third-order valence-corrected chi connectivity index (χ3v) is 3.83. The van der Waals surface area contributed by atoms with Crippen LogP contribution >= 0.6 is 0 Å². The van der Waals surface area contributed by atoms with Crippen molar-refractivity contribution in [2.75, 3.05) is 13.7 Å². The van der Waals surface area contributed by atoms with Gasteiger partial charge < -0.3 is 15.0 Å². The van der Waals surface area contributed by atoms with Crippen LogP contribution in [0.2, 0.25) is 0 Å². The van der Waals surface area contributed by atoms with Crippen LogP contribution in [0, 0.1) is 0 Å². The van der Waals surface area contributed by atoms with Crippen LogP contribution in [0.25, 0.3) is 0 Å². The van der Waals surface area contributed by atoms with Gasteiger partial charge in [0.15, 0.2) is 0 Å². The fraction of sp³-hybridized carbons (Fsp3) is 0.368. The standard InChI is InChI=1S/C19H24N2O3/c1-13(2)17-10-9-16(19(23)21-17)18(22)20-15(12-24-3)11-14-7-5-4-6-8-14/h4-10,13,15H,11-12H2,1-3H3,(H,20,22)(H,21,23). The molecule has 0 spiro atoms. The molecule has 5 nitrogen and oxygen atoms in total. The first kappa shape index (κ1) is 17.9. The summed E-state index contributed by atoms with van der Waals surface area (Å²) in [5.41, 5.74) is 1.67. The van der Waals surface area contributed by atoms with Gasteiger partial charge in [-0.25, -0.2) is 0 Å². The van der Waals surface area contributed by atoms with Gasteiger partial charge in [-0.05, 0) is 30.0 Å². The lowest BCUT2D eigenvalue weighted by molar-refractivity contribution is 0.0895. The van der Waals surface area contributed by atoms with E-state index >= 15 is 0 Å². The molecule has 0 aliphatic heterocycles. The summed E-state index contributed by atoms with van der Waals surface area (Å²) in [6.45, 7) is 4.35. The first-order valence-electron chi connectivity index (χ1n) is 8.08. The molecule has 1 heterocycles. The summed E-state index contributed by atoms with van der Waals surface area (Å²) >= 11 is 0. The highest BCUT2D eigenvalue weighted by Crippen LogP contribution is 2.09. The quantitative estimate of drug-likeness (QED) is 0.820. The van der Waals surface area contributed by atoms with Crippen molar-refractivity contribution in [2.45, 2.75) is 32.2 Å². The average Bonchev–Trinajstić information content (AvgIpc) is 2.55. The highest BCUT2D eigenvalue weighted by atomic mass is 16.5. The van der Waals surface area contributed by atoms with E-state index in [0.717, 1.165) is 11.3 Å². The Labute approximate surface area is 142 Å². The minimum absolute atomic E-state index is 0.119. The van der Waals surface area contributed by atoms with Crippen molar-refractivity contribution in [1.82, 2.24) is 10.3 Å². The lowest BCUT2D eigenvalue weighted by atomic mass is 10.1. The number of carbonyl (C=O) groups excluding carboxylic acids is 1. The van der Waals surface area contributed by atoms with Gasteiger partial charge >= 0.3 is 0 Å². The largest absolute Gasteiger partial charge is 0.383 e. The Kier molecular flexibility index (Phi) is 6.32. The second-order valence-electron chi connectivity index (χ2n) is 6.13. The van der Waals surface area contributed by atoms with Crippen molar-refractivity contribution >= 4 is 5.91 Å². The molecule has 2 N–H and O–H groups in total. The number of benzene rings is 1. The molecule has 0 aliphatic carbocycles. The van der Waals surface area contributed by atoms with E-state index in [4.69, 9.17) is 4.74 Å². The molecule has 0 bridgehead atoms. The van der Waals surface area contributed by atoms with E-state index in [1.54, 1.807) is 19.2 Å². The molecule has 0 aliphatic rings. The SMILES string of the molecule is COCC(Cc1ccccc1)NC(=O)c1ccc(C(C)C)[nH]c1=O. The number of rotatable bonds is 7. The highest BCUT2D eigenvalue weighted by Gasteiger charge is 2.17. The number of hydrogen-bond donors (Lipinski definition) is 2. The number of hydrogen-bond acceptors (Lipinski definition) is 3. The molecule has 1 aromatic carbocycles. The second kappa shape index (κ2) is 8.45. The second-order valence-corrected chi connectivity index (χ2v) is 6.13. The maximum absolute atomic E-state index is 12.4. The van der Waals surface area contributed by atoms with Gasteiger partial charge in [0, 0.05) is 12.8 Å². The molecule has 2 rings (SSSR count). The lowest BCUT2D eigenvalue weighted by Gasteiger charge is -2.18. The first-order valence-corrected chi connectivity index (χ1v) is 8.08. The summed E-state index contributed by atoms with van der Waals surface area (Å²) in [4.78, 5) is 27.3. The lowest BCUT2D eigenvalue weighted by Crippen LogP contribution is -2.41. The average molecular weight is 328 g/mol. The van der Waals surface area contributed by atoms with Crippen LogP contribution in [-0.4, -0.2) is 30.6 Å². The Balaban J connectivity index is 2.11. The third kappa shape index (κ3) is 4.80. The molecule has 2 aromatic rings. The van der Waals surface area contributed by atoms with Crippen molar-refractivity contribution in [1.29, 1.82) is 0 Å². The molecule has 24 heavy (non-hydrogen) atoms. The molecule has 1 atom stereocenters. The van der Waals surface area contributed by atoms with E-state index in [9.17, 15) is 9.59 Å². The van der Waals surface area contributed by atoms with Crippen LogP contribution in [0.15, 0.2) is 47.3 Å². The van der Waals surface area contributed by atoms with Gasteiger partial charge in [-0.3, -0.25) is 9.59 Å². The number of nitrogens with one attached hydrogen (secondary N) is 2. The van der Waals surface area contributed by atoms with Crippen molar-refractivity contribution in [3.63, 3.8) is 0 Å². The normalized spacial score (nSPS) is 12.2. The maximum atomic E-state index is 12.4. The fourth-order valence-electron chi connectivity index (χ4n) is 2.52. The maximum Gasteiger partial charge on any atom is 0.261 e. The summed E-state index contributed by atoms with van der Waals surface area (Å²) in [5.74, 6) is -0.182. The number of amides is 1. The summed E-state index contributed by atoms with van der Waals surface area (Å²) in [6.07, 6.45) is 0.641. The molecule has 0 radical (unpaired) electrons. The van der Waals surface area contributed by atoms with Crippen LogP contribution < -0.4 is 10.9 Å². The molecule has 128 valence electrons. The topological polar surface area (TPSA) is 71.2 Å². The van der Waals surface area contributed by atoms with E-state index in [2.05, 4.69) is 10.3 Å². The Morgan fingerprint density at radius 2 is 1.88 bits per heavy atom. The zero-order valence-electron chi connectivity index (χ0n) is 14.3. The number of H-pyrrole nitrogens is 1. The van der Waals surface area contributed by atoms with Crippen LogP contribution in [0.5, 0.6) is 0 Å². The van der Waals surface area contributed by atoms with E-state index in [0.29, 0.717) is 13.0 Å². The van der Waals surface area contributed by atoms with Crippen molar-refractivity contribution in [3.05, 3.63) is 69.6 Å². The summed E-state index contributed by atoms with van der Waals surface area (Å²) in [6, 6.07) is 13.0. The van der Waals surface area contributed by atoms with Crippen LogP contribution in [0.4, 0.5) is 0 Å². The number of aromatic nitrogens is 1. The van der Waals surface area contributed by atoms with E-state index in [1.165, 1.54) is 0 Å².